The van der Waals surface area contributed by atoms with Gasteiger partial charge in [0.05, 0.1) is 41.2 Å². The average Bonchev–Trinajstić information content (AvgIpc) is 1.70. The standard InChI is InChI=1S/C29H32FNO3.C28H30FNO3.C15H13BrO2.C13H16FNO.C8H7BrO2.C7H7Br.C2H8O4S.B.Na.H/c1-32-29(22-7-11-26(12-8-22)33-20-21-5-3-2-4-6-21)19-31-17-23-15-28(16-24(23)18-31)34-27-13-9-25(30)10-14-27;29-24-8-12-26(13-9-24)33-27-14-22-16-30(17-23(22)15-27)18-28(31)21-6-10-25(11-7-21)32-19-20-4-2-1-3-5-20;16-10-15(17)13-6-8-14(9-7-13)18-11-12-4-2-1-3-5-12;14-11-1-3-12(4-2-11)16-13-5-9-7-15-8-10(9)6-13;9-5-8(11)6-1-3-7(10)4-2-6;8-6-7-4-2-1-3-5-7;1-7(2,4,5)6-3;;;/h2-14,23-24,28-29H,15-20H2,1H3;1-13,22-23,27-28,31H,14-19H2;1-9H,10-11H2;1-4,9-10,13,15H,5-8H2;1-4,10H,5H2;1-5H,6H2;3H,1-2H3,(H,4,5);;;/q;;;;;;;;+1;-1/t23-,24+,28?,29?;22-,23+,27?,28?;;9-,10+,13?;;;;;;. The van der Waals surface area contributed by atoms with E-state index in [9.17, 15) is 32.1 Å². The first-order chi connectivity index (χ1) is 61.4. The van der Waals surface area contributed by atoms with Gasteiger partial charge in [-0.2, -0.15) is 0 Å². The van der Waals surface area contributed by atoms with Crippen LogP contribution in [-0.4, -0.2) is 155 Å². The molecule has 11 aromatic carbocycles. The summed E-state index contributed by atoms with van der Waals surface area (Å²) in [5.41, 5.74) is 8.13. The molecule has 17 rings (SSSR count). The second-order valence-corrected chi connectivity index (χ2v) is 38.0. The van der Waals surface area contributed by atoms with Gasteiger partial charge in [-0.1, -0.05) is 193 Å². The summed E-state index contributed by atoms with van der Waals surface area (Å²) in [6.07, 6.45) is 8.48. The van der Waals surface area contributed by atoms with Gasteiger partial charge in [0, 0.05) is 83.8 Å². The van der Waals surface area contributed by atoms with E-state index in [1.54, 1.807) is 67.8 Å². The summed E-state index contributed by atoms with van der Waals surface area (Å²) in [6, 6.07) is 88.9. The molecule has 6 aliphatic rings. The van der Waals surface area contributed by atoms with Crippen LogP contribution in [0.4, 0.5) is 13.2 Å². The fourth-order valence-electron chi connectivity index (χ4n) is 16.3. The number of ether oxygens (including phenoxy) is 7. The number of halogens is 6. The Morgan fingerprint density at radius 2 is 0.721 bits per heavy atom. The molecule has 0 amide bonds. The van der Waals surface area contributed by atoms with Crippen LogP contribution in [0.1, 0.15) is 106 Å². The summed E-state index contributed by atoms with van der Waals surface area (Å²) in [5.74, 6) is 8.38. The molecule has 18 nitrogen and oxygen atoms in total. The molecule has 6 fully saturated rings. The molecule has 11 atom stereocenters. The zero-order valence-corrected chi connectivity index (χ0v) is 80.7. The zero-order chi connectivity index (χ0) is 89.9. The number of carbonyl (C=O) groups is 2. The first-order valence-corrected chi connectivity index (χ1v) is 48.6. The van der Waals surface area contributed by atoms with Gasteiger partial charge in [0.15, 0.2) is 11.6 Å². The Kier molecular flexibility index (Phi) is 43.0. The fourth-order valence-corrected chi connectivity index (χ4v) is 17.3. The Balaban J connectivity index is 0.000000200. The maximum absolute atomic E-state index is 13.1. The number of phenolic OH excluding ortho intramolecular Hbond substituents is 1. The van der Waals surface area contributed by atoms with Crippen LogP contribution in [0, 0.1) is 53.0 Å². The Morgan fingerprint density at radius 1 is 0.434 bits per heavy atom. The number of methoxy groups -OCH3 is 1. The van der Waals surface area contributed by atoms with E-state index in [4.69, 9.17) is 48.1 Å². The number of aliphatic hydroxyl groups excluding tert-OH is 1. The van der Waals surface area contributed by atoms with Crippen molar-refractivity contribution in [1.82, 2.24) is 15.1 Å². The van der Waals surface area contributed by atoms with Crippen LogP contribution in [0.25, 0.3) is 0 Å². The van der Waals surface area contributed by atoms with Crippen LogP contribution in [-0.2, 0) is 43.8 Å². The van der Waals surface area contributed by atoms with E-state index in [1.165, 1.54) is 59.7 Å². The van der Waals surface area contributed by atoms with Crippen molar-refractivity contribution < 1.29 is 115 Å². The molecule has 679 valence electrons. The van der Waals surface area contributed by atoms with Crippen LogP contribution >= 0.6 is 47.8 Å². The third-order valence-corrected chi connectivity index (χ3v) is 24.8. The second kappa shape index (κ2) is 53.2. The van der Waals surface area contributed by atoms with Gasteiger partial charge in [-0.25, -0.2) is 22.6 Å². The largest absolute Gasteiger partial charge is 1.00 e. The van der Waals surface area contributed by atoms with Crippen molar-refractivity contribution >= 4 is 77.4 Å². The minimum atomic E-state index is -4.06. The van der Waals surface area contributed by atoms with Gasteiger partial charge in [-0.05, 0) is 266 Å². The summed E-state index contributed by atoms with van der Waals surface area (Å²) in [7, 11) is -2.27. The minimum absolute atomic E-state index is 0. The Labute approximate surface area is 807 Å². The molecule has 129 heavy (non-hydrogen) atoms. The van der Waals surface area contributed by atoms with Crippen molar-refractivity contribution in [3.63, 3.8) is 0 Å². The van der Waals surface area contributed by atoms with Crippen molar-refractivity contribution in [2.75, 3.05) is 82.6 Å². The summed E-state index contributed by atoms with van der Waals surface area (Å²) < 4.78 is 102. The van der Waals surface area contributed by atoms with Crippen molar-refractivity contribution in [1.29, 1.82) is 0 Å². The number of fused-ring (bicyclic) bond motifs is 3. The van der Waals surface area contributed by atoms with Crippen LogP contribution in [0.5, 0.6) is 40.2 Å². The molecule has 11 aromatic rings. The van der Waals surface area contributed by atoms with E-state index in [-0.39, 0.29) is 92.5 Å². The van der Waals surface area contributed by atoms with Gasteiger partial charge in [-0.15, -0.1) is 4.33 Å². The monoisotopic (exact) mass is 1980 g/mol. The van der Waals surface area contributed by atoms with Gasteiger partial charge >= 0.3 is 29.6 Å². The summed E-state index contributed by atoms with van der Waals surface area (Å²) in [4.78, 5) is 27.3. The number of nitrogens with zero attached hydrogens (tertiary/aromatic N) is 2. The number of alkyl halides is 3. The number of hydrogen-bond donors (Lipinski definition) is 5. The van der Waals surface area contributed by atoms with Gasteiger partial charge in [0.1, 0.15) is 87.1 Å². The van der Waals surface area contributed by atoms with Crippen LogP contribution in [0.3, 0.4) is 0 Å². The molecule has 27 heteroatoms. The summed E-state index contributed by atoms with van der Waals surface area (Å²) >= 11 is 9.57. The molecule has 3 saturated carbocycles. The van der Waals surface area contributed by atoms with E-state index in [0.29, 0.717) is 77.9 Å². The molecule has 5 N–H and O–H groups in total. The Bertz CT molecular complexity index is 5110. The molecule has 0 bridgehead atoms. The topological polar surface area (TPSA) is 224 Å². The van der Waals surface area contributed by atoms with Crippen LogP contribution in [0.2, 0.25) is 0 Å². The number of hydrogen-bond acceptors (Lipinski definition) is 17. The maximum atomic E-state index is 13.1. The Hall–Kier alpha value is -8.52. The van der Waals surface area contributed by atoms with Gasteiger partial charge in [0.2, 0.25) is 0 Å². The van der Waals surface area contributed by atoms with E-state index < -0.39 is 15.7 Å². The number of nitrogens with one attached hydrogen (secondary N) is 1. The van der Waals surface area contributed by atoms with Crippen molar-refractivity contribution in [3.05, 3.63) is 353 Å². The number of carbonyl (C=O) groups excluding carboxylic acids is 2. The normalized spacial score (nSPS) is 19.8. The molecule has 3 radical (unpaired) electrons. The van der Waals surface area contributed by atoms with E-state index in [0.717, 1.165) is 171 Å². The van der Waals surface area contributed by atoms with Crippen molar-refractivity contribution in [3.8, 4) is 40.2 Å². The predicted octanol–water partition coefficient (Wildman–Crippen LogP) is 18.4. The fraction of sp³-hybridized carbons (Fsp3) is 0.333. The number of Topliss-reactive ketones (excluding diaryl/α,β-unsaturated/α-hetero) is 2. The Morgan fingerprint density at radius 3 is 1.02 bits per heavy atom. The van der Waals surface area contributed by atoms with Crippen molar-refractivity contribution in [2.24, 2.45) is 35.5 Å². The number of benzene rings is 11. The number of rotatable bonds is 28. The van der Waals surface area contributed by atoms with E-state index in [1.807, 2.05) is 146 Å². The molecule has 3 heterocycles. The van der Waals surface area contributed by atoms with Gasteiger partial charge in [-0.3, -0.25) is 19.4 Å². The molecule has 3 saturated heterocycles. The number of aromatic hydroxyl groups is 1. The number of aliphatic hydroxyl groups is 1. The number of likely N-dealkylation sites (tertiary alicyclic amines) is 2. The first kappa shape index (κ1) is 104. The SMILES string of the molecule is BrCc1ccccc1.COC(CN1C[C@H]2CC(Oc3ccc(F)cc3)C[C@H]2C1)c1ccc(OCc2ccccc2)cc1.CS(C)(=O)(O)OO.Fc1ccc(OC2C[C@H]3CNC[C@H]3C2)cc1.O=C(CBr)c1ccc(O)cc1.O=C(CBr)c1ccc(OCc2ccccc2)cc1.OC(CN1C[C@H]2CC(Oc3ccc(F)cc3)C[C@H]2C1)c1ccc(OCc2ccccc2)cc1.[B].[H-].[Na+]. The van der Waals surface area contributed by atoms with Gasteiger partial charge < -0.3 is 54.7 Å². The minimum Gasteiger partial charge on any atom is -1.00 e. The molecular formula is C102H114BBr3F3N3NaO15S. The smallest absolute Gasteiger partial charge is 1.00 e. The molecule has 3 aliphatic heterocycles. The number of β-amino-alcohol motifs (C(OH)–C–C–N with tert-alkyl or cyclic N) is 1. The summed E-state index contributed by atoms with van der Waals surface area (Å²) in [5, 5.41) is 32.3. The third-order valence-electron chi connectivity index (χ3n) is 22.7. The second-order valence-electron chi connectivity index (χ2n) is 32.9. The maximum Gasteiger partial charge on any atom is 1.00 e. The molecule has 0 aromatic heterocycles. The van der Waals surface area contributed by atoms with E-state index in [2.05, 4.69) is 104 Å². The van der Waals surface area contributed by atoms with Crippen LogP contribution < -0.4 is 63.3 Å². The molecule has 5 unspecified atom stereocenters. The molecule has 3 aliphatic carbocycles. The van der Waals surface area contributed by atoms with Crippen molar-refractivity contribution in [2.45, 2.75) is 94.2 Å². The van der Waals surface area contributed by atoms with E-state index >= 15 is 0 Å². The molecular weight excluding hydrogens is 1870 g/mol. The third kappa shape index (κ3) is 35.8. The number of ketones is 2. The average molecular weight is 1980 g/mol. The number of phenols is 1. The first-order valence-electron chi connectivity index (χ1n) is 42.6. The quantitative estimate of drug-likeness (QED) is 0.0101. The predicted molar refractivity (Wildman–Crippen MR) is 510 cm³/mol. The van der Waals surface area contributed by atoms with Crippen LogP contribution in [0.15, 0.2) is 291 Å². The molecule has 0 spiro atoms. The van der Waals surface area contributed by atoms with Gasteiger partial charge in [0.25, 0.3) is 0 Å². The summed E-state index contributed by atoms with van der Waals surface area (Å²) in [6.45, 7) is 9.55. The zero-order valence-electron chi connectivity index (χ0n) is 74.1.